The van der Waals surface area contributed by atoms with Gasteiger partial charge in [0.25, 0.3) is 0 Å². The van der Waals surface area contributed by atoms with Gasteiger partial charge in [0.1, 0.15) is 5.82 Å². The average Bonchev–Trinajstić information content (AvgIpc) is 2.82. The minimum Gasteiger partial charge on any atom is -0.302 e. The fourth-order valence-corrected chi connectivity index (χ4v) is 3.41. The van der Waals surface area contributed by atoms with E-state index in [0.29, 0.717) is 0 Å². The maximum Gasteiger partial charge on any atom is 0.123 e. The van der Waals surface area contributed by atoms with Gasteiger partial charge in [0.15, 0.2) is 0 Å². The van der Waals surface area contributed by atoms with Gasteiger partial charge in [0, 0.05) is 21.8 Å². The van der Waals surface area contributed by atoms with E-state index in [1.165, 1.54) is 21.9 Å². The summed E-state index contributed by atoms with van der Waals surface area (Å²) >= 11 is 1.82. The van der Waals surface area contributed by atoms with Crippen LogP contribution < -0.4 is 5.32 Å². The molecule has 0 aliphatic heterocycles. The van der Waals surface area contributed by atoms with E-state index in [0.717, 1.165) is 5.56 Å². The zero-order valence-corrected chi connectivity index (χ0v) is 14.2. The minimum absolute atomic E-state index is 0.0540. The van der Waals surface area contributed by atoms with Crippen molar-refractivity contribution in [3.63, 3.8) is 0 Å². The lowest BCUT2D eigenvalue weighted by atomic mass is 9.82. The van der Waals surface area contributed by atoms with Crippen LogP contribution in [0.1, 0.15) is 55.1 Å². The first-order valence-electron chi connectivity index (χ1n) is 7.35. The highest BCUT2D eigenvalue weighted by molar-refractivity contribution is 7.12. The smallest absolute Gasteiger partial charge is 0.123 e. The van der Waals surface area contributed by atoms with Crippen molar-refractivity contribution in [1.29, 1.82) is 0 Å². The number of halogens is 1. The molecule has 1 heterocycles. The largest absolute Gasteiger partial charge is 0.302 e. The molecule has 114 valence electrons. The van der Waals surface area contributed by atoms with Crippen LogP contribution in [0.4, 0.5) is 4.39 Å². The van der Waals surface area contributed by atoms with Crippen LogP contribution in [0.2, 0.25) is 0 Å². The Kier molecular flexibility index (Phi) is 4.84. The molecule has 3 heteroatoms. The summed E-state index contributed by atoms with van der Waals surface area (Å²) < 4.78 is 13.2. The molecule has 0 aliphatic rings. The molecule has 0 radical (unpaired) electrons. The van der Waals surface area contributed by atoms with Gasteiger partial charge in [-0.05, 0) is 49.1 Å². The van der Waals surface area contributed by atoms with Crippen molar-refractivity contribution in [3.05, 3.63) is 57.5 Å². The SMILES string of the molecule is Cc1ccc(C(C)NC(c2ccc(F)cc2)C(C)(C)C)s1. The highest BCUT2D eigenvalue weighted by atomic mass is 32.1. The molecule has 2 aromatic rings. The Balaban J connectivity index is 2.23. The van der Waals surface area contributed by atoms with Gasteiger partial charge < -0.3 is 5.32 Å². The second-order valence-corrected chi connectivity index (χ2v) is 8.01. The molecule has 1 aromatic carbocycles. The Bertz CT molecular complexity index is 580. The Morgan fingerprint density at radius 1 is 1.05 bits per heavy atom. The standard InChI is InChI=1S/C18H24FNS/c1-12-6-11-16(21-12)13(2)20-17(18(3,4)5)14-7-9-15(19)10-8-14/h6-11,13,17,20H,1-5H3. The lowest BCUT2D eigenvalue weighted by Crippen LogP contribution is -2.33. The van der Waals surface area contributed by atoms with Gasteiger partial charge in [-0.3, -0.25) is 0 Å². The van der Waals surface area contributed by atoms with Crippen LogP contribution in [0.15, 0.2) is 36.4 Å². The third-order valence-corrected chi connectivity index (χ3v) is 4.86. The number of benzene rings is 1. The van der Waals surface area contributed by atoms with Crippen LogP contribution in [0, 0.1) is 18.2 Å². The predicted molar refractivity (Wildman–Crippen MR) is 89.2 cm³/mol. The van der Waals surface area contributed by atoms with Crippen molar-refractivity contribution in [2.24, 2.45) is 5.41 Å². The highest BCUT2D eigenvalue weighted by Gasteiger charge is 2.28. The van der Waals surface area contributed by atoms with Crippen LogP contribution in [0.25, 0.3) is 0 Å². The molecule has 2 rings (SSSR count). The molecule has 2 atom stereocenters. The highest BCUT2D eigenvalue weighted by Crippen LogP contribution is 2.35. The second kappa shape index (κ2) is 6.29. The normalized spacial score (nSPS) is 15.0. The van der Waals surface area contributed by atoms with E-state index in [1.807, 2.05) is 23.5 Å². The van der Waals surface area contributed by atoms with Gasteiger partial charge in [0.2, 0.25) is 0 Å². The lowest BCUT2D eigenvalue weighted by molar-refractivity contribution is 0.255. The Hall–Kier alpha value is -1.19. The van der Waals surface area contributed by atoms with E-state index in [-0.39, 0.29) is 23.3 Å². The van der Waals surface area contributed by atoms with Gasteiger partial charge in [-0.15, -0.1) is 11.3 Å². The average molecular weight is 305 g/mol. The Morgan fingerprint density at radius 2 is 1.67 bits per heavy atom. The van der Waals surface area contributed by atoms with Crippen LogP contribution in [-0.2, 0) is 0 Å². The molecule has 1 aromatic heterocycles. The fraction of sp³-hybridized carbons (Fsp3) is 0.444. The summed E-state index contributed by atoms with van der Waals surface area (Å²) in [4.78, 5) is 2.66. The summed E-state index contributed by atoms with van der Waals surface area (Å²) in [6.07, 6.45) is 0. The summed E-state index contributed by atoms with van der Waals surface area (Å²) in [6, 6.07) is 11.6. The summed E-state index contributed by atoms with van der Waals surface area (Å²) in [7, 11) is 0. The van der Waals surface area contributed by atoms with Crippen molar-refractivity contribution < 1.29 is 4.39 Å². The lowest BCUT2D eigenvalue weighted by Gasteiger charge is -2.34. The van der Waals surface area contributed by atoms with Gasteiger partial charge in [-0.25, -0.2) is 4.39 Å². The summed E-state index contributed by atoms with van der Waals surface area (Å²) in [5.74, 6) is -0.187. The van der Waals surface area contributed by atoms with Gasteiger partial charge in [-0.1, -0.05) is 32.9 Å². The summed E-state index contributed by atoms with van der Waals surface area (Å²) in [5, 5.41) is 3.71. The number of thiophene rings is 1. The van der Waals surface area contributed by atoms with Crippen molar-refractivity contribution in [2.45, 2.75) is 46.7 Å². The number of hydrogen-bond acceptors (Lipinski definition) is 2. The number of nitrogens with one attached hydrogen (secondary N) is 1. The molecule has 0 aliphatic carbocycles. The second-order valence-electron chi connectivity index (χ2n) is 6.69. The summed E-state index contributed by atoms with van der Waals surface area (Å²) in [6.45, 7) is 10.9. The molecule has 0 bridgehead atoms. The zero-order chi connectivity index (χ0) is 15.6. The van der Waals surface area contributed by atoms with Crippen molar-refractivity contribution >= 4 is 11.3 Å². The summed E-state index contributed by atoms with van der Waals surface area (Å²) in [5.41, 5.74) is 1.18. The fourth-order valence-electron chi connectivity index (χ4n) is 2.52. The van der Waals surface area contributed by atoms with Gasteiger partial charge in [0.05, 0.1) is 0 Å². The molecule has 0 spiro atoms. The third kappa shape index (κ3) is 4.14. The first kappa shape index (κ1) is 16.2. The van der Waals surface area contributed by atoms with E-state index < -0.39 is 0 Å². The number of hydrogen-bond donors (Lipinski definition) is 1. The van der Waals surface area contributed by atoms with Crippen molar-refractivity contribution in [1.82, 2.24) is 5.32 Å². The van der Waals surface area contributed by atoms with E-state index in [1.54, 1.807) is 0 Å². The first-order chi connectivity index (χ1) is 9.77. The predicted octanol–water partition coefficient (Wildman–Crippen LogP) is 5.63. The van der Waals surface area contributed by atoms with Crippen molar-refractivity contribution in [2.75, 3.05) is 0 Å². The third-order valence-electron chi connectivity index (χ3n) is 3.67. The van der Waals surface area contributed by atoms with Crippen LogP contribution in [0.3, 0.4) is 0 Å². The van der Waals surface area contributed by atoms with Gasteiger partial charge in [-0.2, -0.15) is 0 Å². The molecule has 1 nitrogen and oxygen atoms in total. The van der Waals surface area contributed by atoms with E-state index in [9.17, 15) is 4.39 Å². The van der Waals surface area contributed by atoms with Crippen LogP contribution in [0.5, 0.6) is 0 Å². The van der Waals surface area contributed by atoms with E-state index >= 15 is 0 Å². The Labute approximate surface area is 131 Å². The van der Waals surface area contributed by atoms with Crippen LogP contribution >= 0.6 is 11.3 Å². The number of aryl methyl sites for hydroxylation is 1. The van der Waals surface area contributed by atoms with E-state index in [4.69, 9.17) is 0 Å². The monoisotopic (exact) mass is 305 g/mol. The molecule has 21 heavy (non-hydrogen) atoms. The maximum atomic E-state index is 13.2. The minimum atomic E-state index is -0.187. The van der Waals surface area contributed by atoms with E-state index in [2.05, 4.69) is 52.1 Å². The zero-order valence-electron chi connectivity index (χ0n) is 13.4. The molecule has 0 fully saturated rings. The maximum absolute atomic E-state index is 13.2. The van der Waals surface area contributed by atoms with Crippen molar-refractivity contribution in [3.8, 4) is 0 Å². The van der Waals surface area contributed by atoms with Crippen LogP contribution in [-0.4, -0.2) is 0 Å². The quantitative estimate of drug-likeness (QED) is 0.771. The Morgan fingerprint density at radius 3 is 2.14 bits per heavy atom. The molecule has 0 saturated heterocycles. The topological polar surface area (TPSA) is 12.0 Å². The molecule has 1 N–H and O–H groups in total. The molecular formula is C18H24FNS. The van der Waals surface area contributed by atoms with Gasteiger partial charge >= 0.3 is 0 Å². The molecule has 2 unspecified atom stereocenters. The molecule has 0 saturated carbocycles. The molecule has 0 amide bonds. The molecular weight excluding hydrogens is 281 g/mol. The first-order valence-corrected chi connectivity index (χ1v) is 8.17. The number of rotatable bonds is 4.